The average Bonchev–Trinajstić information content (AvgIpc) is 2.76. The van der Waals surface area contributed by atoms with E-state index in [4.69, 9.17) is 0 Å². The van der Waals surface area contributed by atoms with Crippen LogP contribution in [0.3, 0.4) is 0 Å². The van der Waals surface area contributed by atoms with Crippen LogP contribution in [0, 0.1) is 6.92 Å². The summed E-state index contributed by atoms with van der Waals surface area (Å²) in [6.45, 7) is 4.27. The van der Waals surface area contributed by atoms with E-state index in [1.54, 1.807) is 0 Å². The van der Waals surface area contributed by atoms with E-state index in [0.29, 0.717) is 12.5 Å². The van der Waals surface area contributed by atoms with Crippen LogP contribution in [-0.2, 0) is 11.2 Å². The lowest BCUT2D eigenvalue weighted by Gasteiger charge is -2.34. The second-order valence-electron chi connectivity index (χ2n) is 5.43. The zero-order valence-electron chi connectivity index (χ0n) is 10.9. The van der Waals surface area contributed by atoms with Crippen molar-refractivity contribution >= 4 is 11.6 Å². The number of hydrogen-bond donors (Lipinski definition) is 1. The summed E-state index contributed by atoms with van der Waals surface area (Å²) in [5.41, 5.74) is 4.27. The number of hydrogen-bond acceptors (Lipinski definition) is 2. The molecule has 0 bridgehead atoms. The monoisotopic (exact) mass is 244 g/mol. The van der Waals surface area contributed by atoms with Crippen LogP contribution >= 0.6 is 0 Å². The minimum absolute atomic E-state index is 0.210. The normalized spacial score (nSPS) is 22.8. The number of fused-ring (bicyclic) bond motifs is 1. The highest BCUT2D eigenvalue weighted by Gasteiger charge is 2.25. The van der Waals surface area contributed by atoms with Gasteiger partial charge in [0.25, 0.3) is 0 Å². The smallest absolute Gasteiger partial charge is 0.220 e. The molecule has 0 radical (unpaired) electrons. The summed E-state index contributed by atoms with van der Waals surface area (Å²) in [5, 5.41) is 3.07. The van der Waals surface area contributed by atoms with Crippen LogP contribution < -0.4 is 10.2 Å². The molecule has 1 aromatic carbocycles. The molecular weight excluding hydrogens is 224 g/mol. The van der Waals surface area contributed by atoms with E-state index < -0.39 is 0 Å². The molecule has 0 aliphatic carbocycles. The van der Waals surface area contributed by atoms with Crippen molar-refractivity contribution < 1.29 is 4.79 Å². The first kappa shape index (κ1) is 11.6. The lowest BCUT2D eigenvalue weighted by atomic mass is 9.96. The molecule has 2 aliphatic heterocycles. The molecule has 1 aromatic rings. The third-order valence-electron chi connectivity index (χ3n) is 4.11. The van der Waals surface area contributed by atoms with Gasteiger partial charge in [-0.3, -0.25) is 4.79 Å². The quantitative estimate of drug-likeness (QED) is 0.863. The minimum atomic E-state index is 0.210. The molecular formula is C15H20N2O. The van der Waals surface area contributed by atoms with Crippen LogP contribution in [0.4, 0.5) is 5.69 Å². The van der Waals surface area contributed by atoms with Crippen LogP contribution in [0.15, 0.2) is 18.2 Å². The molecule has 0 aromatic heterocycles. The maximum atomic E-state index is 11.3. The molecule has 18 heavy (non-hydrogen) atoms. The van der Waals surface area contributed by atoms with E-state index in [2.05, 4.69) is 35.3 Å². The molecule has 0 unspecified atom stereocenters. The van der Waals surface area contributed by atoms with Crippen LogP contribution in [0.2, 0.25) is 0 Å². The van der Waals surface area contributed by atoms with Gasteiger partial charge in [0.1, 0.15) is 0 Å². The first-order valence-corrected chi connectivity index (χ1v) is 6.87. The van der Waals surface area contributed by atoms with Crippen molar-refractivity contribution in [2.24, 2.45) is 0 Å². The lowest BCUT2D eigenvalue weighted by Crippen LogP contribution is -2.41. The molecule has 3 nitrogen and oxygen atoms in total. The number of carbonyl (C=O) groups is 1. The fraction of sp³-hybridized carbons (Fsp3) is 0.533. The summed E-state index contributed by atoms with van der Waals surface area (Å²) in [5.74, 6) is 0.210. The topological polar surface area (TPSA) is 32.3 Å². The van der Waals surface area contributed by atoms with E-state index in [1.807, 2.05) is 0 Å². The number of rotatable bonds is 2. The van der Waals surface area contributed by atoms with Gasteiger partial charge in [0, 0.05) is 31.2 Å². The highest BCUT2D eigenvalue weighted by molar-refractivity contribution is 5.78. The predicted octanol–water partition coefficient (Wildman–Crippen LogP) is 2.03. The Kier molecular flexibility index (Phi) is 2.98. The van der Waals surface area contributed by atoms with E-state index in [9.17, 15) is 4.79 Å². The predicted molar refractivity (Wildman–Crippen MR) is 72.9 cm³/mol. The van der Waals surface area contributed by atoms with Crippen LogP contribution in [0.25, 0.3) is 0 Å². The summed E-state index contributed by atoms with van der Waals surface area (Å²) in [6, 6.07) is 6.89. The number of anilines is 1. The molecule has 2 heterocycles. The Morgan fingerprint density at radius 3 is 3.06 bits per heavy atom. The lowest BCUT2D eigenvalue weighted by molar-refractivity contribution is -0.119. The van der Waals surface area contributed by atoms with Crippen molar-refractivity contribution in [3.63, 3.8) is 0 Å². The Balaban J connectivity index is 1.79. The first-order valence-electron chi connectivity index (χ1n) is 6.87. The molecule has 3 rings (SSSR count). The number of aryl methyl sites for hydroxylation is 1. The number of amides is 1. The Bertz CT molecular complexity index is 470. The zero-order chi connectivity index (χ0) is 12.5. The summed E-state index contributed by atoms with van der Waals surface area (Å²) in [7, 11) is 0. The van der Waals surface area contributed by atoms with Crippen LogP contribution in [0.5, 0.6) is 0 Å². The molecule has 0 spiro atoms. The maximum absolute atomic E-state index is 11.3. The molecule has 1 N–H and O–H groups in total. The summed E-state index contributed by atoms with van der Waals surface area (Å²) < 4.78 is 0. The summed E-state index contributed by atoms with van der Waals surface area (Å²) in [4.78, 5) is 13.7. The number of benzene rings is 1. The Morgan fingerprint density at radius 1 is 1.39 bits per heavy atom. The van der Waals surface area contributed by atoms with Gasteiger partial charge in [-0.15, -0.1) is 0 Å². The number of nitrogens with zero attached hydrogens (tertiary/aromatic N) is 1. The third-order valence-corrected chi connectivity index (χ3v) is 4.11. The van der Waals surface area contributed by atoms with Gasteiger partial charge in [0.05, 0.1) is 0 Å². The first-order chi connectivity index (χ1) is 8.74. The summed E-state index contributed by atoms with van der Waals surface area (Å²) in [6.07, 6.45) is 4.09. The number of carbonyl (C=O) groups excluding carboxylic acids is 1. The van der Waals surface area contributed by atoms with Crippen molar-refractivity contribution in [1.29, 1.82) is 0 Å². The van der Waals surface area contributed by atoms with E-state index in [1.165, 1.54) is 29.7 Å². The minimum Gasteiger partial charge on any atom is -0.369 e. The van der Waals surface area contributed by atoms with Crippen LogP contribution in [0.1, 0.15) is 30.4 Å². The van der Waals surface area contributed by atoms with Gasteiger partial charge in [-0.1, -0.05) is 12.1 Å². The molecule has 1 fully saturated rings. The zero-order valence-corrected chi connectivity index (χ0v) is 10.9. The molecule has 0 saturated carbocycles. The second-order valence-corrected chi connectivity index (χ2v) is 5.43. The summed E-state index contributed by atoms with van der Waals surface area (Å²) >= 11 is 0. The van der Waals surface area contributed by atoms with Gasteiger partial charge in [-0.2, -0.15) is 0 Å². The van der Waals surface area contributed by atoms with Crippen molar-refractivity contribution in [1.82, 2.24) is 5.32 Å². The number of nitrogens with one attached hydrogen (secondary N) is 1. The standard InChI is InChI=1S/C15H20N2O/c1-11-4-2-6-14-13(11)5-3-9-17(14)10-12-7-8-15(18)16-12/h2,4,6,12H,3,5,7-10H2,1H3,(H,16,18)/t12-/m0/s1. The van der Waals surface area contributed by atoms with Gasteiger partial charge in [-0.05, 0) is 43.4 Å². The molecule has 1 atom stereocenters. The highest BCUT2D eigenvalue weighted by atomic mass is 16.1. The van der Waals surface area contributed by atoms with Crippen molar-refractivity contribution in [2.75, 3.05) is 18.0 Å². The van der Waals surface area contributed by atoms with Crippen molar-refractivity contribution in [3.05, 3.63) is 29.3 Å². The van der Waals surface area contributed by atoms with Gasteiger partial charge in [0.2, 0.25) is 5.91 Å². The van der Waals surface area contributed by atoms with Gasteiger partial charge in [0.15, 0.2) is 0 Å². The molecule has 1 amide bonds. The van der Waals surface area contributed by atoms with E-state index >= 15 is 0 Å². The van der Waals surface area contributed by atoms with E-state index in [-0.39, 0.29) is 5.91 Å². The molecule has 2 aliphatic rings. The van der Waals surface area contributed by atoms with Crippen molar-refractivity contribution in [2.45, 2.75) is 38.6 Å². The largest absolute Gasteiger partial charge is 0.369 e. The fourth-order valence-corrected chi connectivity index (χ4v) is 3.15. The van der Waals surface area contributed by atoms with Gasteiger partial charge in [-0.25, -0.2) is 0 Å². The Labute approximate surface area is 108 Å². The third kappa shape index (κ3) is 2.09. The fourth-order valence-electron chi connectivity index (χ4n) is 3.15. The highest BCUT2D eigenvalue weighted by Crippen LogP contribution is 2.30. The maximum Gasteiger partial charge on any atom is 0.220 e. The second kappa shape index (κ2) is 4.63. The van der Waals surface area contributed by atoms with E-state index in [0.717, 1.165) is 19.5 Å². The molecule has 3 heteroatoms. The van der Waals surface area contributed by atoms with Crippen molar-refractivity contribution in [3.8, 4) is 0 Å². The average molecular weight is 244 g/mol. The molecule has 96 valence electrons. The Hall–Kier alpha value is -1.51. The van der Waals surface area contributed by atoms with Crippen LogP contribution in [-0.4, -0.2) is 25.0 Å². The Morgan fingerprint density at radius 2 is 2.28 bits per heavy atom. The molecule has 1 saturated heterocycles. The van der Waals surface area contributed by atoms with Gasteiger partial charge >= 0.3 is 0 Å². The SMILES string of the molecule is Cc1cccc2c1CCCN2C[C@@H]1CCC(=O)N1. The van der Waals surface area contributed by atoms with Gasteiger partial charge < -0.3 is 10.2 Å².